The van der Waals surface area contributed by atoms with E-state index in [4.69, 9.17) is 4.74 Å². The molecule has 1 N–H and O–H groups in total. The zero-order valence-corrected chi connectivity index (χ0v) is 14.8. The zero-order valence-electron chi connectivity index (χ0n) is 14.8. The van der Waals surface area contributed by atoms with Crippen LogP contribution in [0.5, 0.6) is 5.75 Å². The number of benzene rings is 2. The molecular formula is C19H18N4O4. The summed E-state index contributed by atoms with van der Waals surface area (Å²) in [6.45, 7) is 3.77. The van der Waals surface area contributed by atoms with Gasteiger partial charge in [0.1, 0.15) is 11.4 Å². The van der Waals surface area contributed by atoms with Crippen molar-refractivity contribution in [3.8, 4) is 11.4 Å². The monoisotopic (exact) mass is 366 g/mol. The van der Waals surface area contributed by atoms with Gasteiger partial charge in [0.25, 0.3) is 11.6 Å². The zero-order chi connectivity index (χ0) is 19.4. The average Bonchev–Trinajstić information content (AvgIpc) is 3.17. The fourth-order valence-electron chi connectivity index (χ4n) is 2.55. The molecule has 8 nitrogen and oxygen atoms in total. The maximum atomic E-state index is 12.6. The predicted octanol–water partition coefficient (Wildman–Crippen LogP) is 3.82. The number of carbonyl (C=O) groups excluding carboxylic acids is 1. The molecule has 27 heavy (non-hydrogen) atoms. The number of nitro groups is 1. The third-order valence-corrected chi connectivity index (χ3v) is 3.71. The predicted molar refractivity (Wildman–Crippen MR) is 100 cm³/mol. The minimum Gasteiger partial charge on any atom is -0.489 e. The lowest BCUT2D eigenvalue weighted by Crippen LogP contribution is -2.15. The highest BCUT2D eigenvalue weighted by molar-refractivity contribution is 6.05. The maximum Gasteiger partial charge on any atom is 0.294 e. The summed E-state index contributed by atoms with van der Waals surface area (Å²) in [7, 11) is 0. The van der Waals surface area contributed by atoms with E-state index in [0.29, 0.717) is 17.1 Å². The van der Waals surface area contributed by atoms with Crippen molar-refractivity contribution in [2.45, 2.75) is 20.0 Å². The van der Waals surface area contributed by atoms with Gasteiger partial charge in [-0.15, -0.1) is 0 Å². The number of rotatable bonds is 6. The normalized spacial score (nSPS) is 10.6. The van der Waals surface area contributed by atoms with Crippen molar-refractivity contribution in [3.05, 3.63) is 76.9 Å². The summed E-state index contributed by atoms with van der Waals surface area (Å²) < 4.78 is 7.20. The van der Waals surface area contributed by atoms with Crippen LogP contribution < -0.4 is 10.1 Å². The van der Waals surface area contributed by atoms with Crippen LogP contribution in [0.1, 0.15) is 24.2 Å². The van der Waals surface area contributed by atoms with Gasteiger partial charge < -0.3 is 14.6 Å². The lowest BCUT2D eigenvalue weighted by molar-refractivity contribution is -0.384. The molecule has 0 saturated carbocycles. The van der Waals surface area contributed by atoms with Crippen LogP contribution >= 0.6 is 0 Å². The first-order valence-corrected chi connectivity index (χ1v) is 8.29. The number of hydrogen-bond donors (Lipinski definition) is 1. The molecule has 0 saturated heterocycles. The largest absolute Gasteiger partial charge is 0.489 e. The van der Waals surface area contributed by atoms with Crippen molar-refractivity contribution in [1.82, 2.24) is 9.55 Å². The summed E-state index contributed by atoms with van der Waals surface area (Å²) in [6.07, 6.45) is 4.53. The number of imidazole rings is 1. The van der Waals surface area contributed by atoms with Gasteiger partial charge in [-0.2, -0.15) is 0 Å². The Balaban J connectivity index is 1.90. The van der Waals surface area contributed by atoms with E-state index in [0.717, 1.165) is 0 Å². The van der Waals surface area contributed by atoms with Gasteiger partial charge >= 0.3 is 0 Å². The second kappa shape index (κ2) is 7.69. The molecule has 0 bridgehead atoms. The van der Waals surface area contributed by atoms with Crippen molar-refractivity contribution in [3.63, 3.8) is 0 Å². The van der Waals surface area contributed by atoms with Gasteiger partial charge in [0.2, 0.25) is 0 Å². The third-order valence-electron chi connectivity index (χ3n) is 3.71. The second-order valence-corrected chi connectivity index (χ2v) is 6.05. The molecule has 0 radical (unpaired) electrons. The number of anilines is 1. The first-order valence-electron chi connectivity index (χ1n) is 8.29. The number of ether oxygens (including phenoxy) is 1. The Kier molecular flexibility index (Phi) is 5.16. The van der Waals surface area contributed by atoms with Gasteiger partial charge in [-0.3, -0.25) is 14.9 Å². The molecular weight excluding hydrogens is 348 g/mol. The fraction of sp³-hybridized carbons (Fsp3) is 0.158. The fourth-order valence-corrected chi connectivity index (χ4v) is 2.55. The highest BCUT2D eigenvalue weighted by Gasteiger charge is 2.19. The smallest absolute Gasteiger partial charge is 0.294 e. The molecule has 8 heteroatoms. The lowest BCUT2D eigenvalue weighted by atomic mass is 10.1. The number of hydrogen-bond acceptors (Lipinski definition) is 5. The number of nitro benzene ring substituents is 1. The van der Waals surface area contributed by atoms with Crippen LogP contribution in [0.25, 0.3) is 5.69 Å². The average molecular weight is 366 g/mol. The number of para-hydroxylation sites is 2. The van der Waals surface area contributed by atoms with Crippen LogP contribution in [0, 0.1) is 10.1 Å². The van der Waals surface area contributed by atoms with E-state index in [1.165, 1.54) is 35.3 Å². The summed E-state index contributed by atoms with van der Waals surface area (Å²) >= 11 is 0. The molecule has 0 atom stereocenters. The second-order valence-electron chi connectivity index (χ2n) is 6.05. The summed E-state index contributed by atoms with van der Waals surface area (Å²) in [4.78, 5) is 27.4. The van der Waals surface area contributed by atoms with E-state index >= 15 is 0 Å². The molecule has 1 aromatic heterocycles. The van der Waals surface area contributed by atoms with E-state index in [-0.39, 0.29) is 17.4 Å². The molecule has 1 heterocycles. The molecule has 0 aliphatic carbocycles. The third kappa shape index (κ3) is 4.12. The highest BCUT2D eigenvalue weighted by atomic mass is 16.6. The van der Waals surface area contributed by atoms with Gasteiger partial charge in [0.15, 0.2) is 0 Å². The topological polar surface area (TPSA) is 99.3 Å². The number of carbonyl (C=O) groups is 1. The van der Waals surface area contributed by atoms with Gasteiger partial charge in [0.05, 0.1) is 23.0 Å². The van der Waals surface area contributed by atoms with E-state index in [1.807, 2.05) is 13.8 Å². The molecule has 0 aliphatic heterocycles. The molecule has 3 rings (SSSR count). The van der Waals surface area contributed by atoms with Crippen LogP contribution in [0.4, 0.5) is 11.4 Å². The van der Waals surface area contributed by atoms with Crippen molar-refractivity contribution in [2.75, 3.05) is 5.32 Å². The van der Waals surface area contributed by atoms with Crippen LogP contribution in [-0.2, 0) is 0 Å². The van der Waals surface area contributed by atoms with Crippen LogP contribution in [0.3, 0.4) is 0 Å². The SMILES string of the molecule is CC(C)Oc1ccccc1NC(=O)c1ccc(-n2ccnc2)c([N+](=O)[O-])c1. The minimum atomic E-state index is -0.526. The molecule has 3 aromatic rings. The van der Waals surface area contributed by atoms with E-state index in [9.17, 15) is 14.9 Å². The molecule has 0 spiro atoms. The van der Waals surface area contributed by atoms with E-state index in [1.54, 1.807) is 30.5 Å². The summed E-state index contributed by atoms with van der Waals surface area (Å²) in [5.74, 6) is 0.0699. The standard InChI is InChI=1S/C19H18N4O4/c1-13(2)27-18-6-4-3-5-15(18)21-19(24)14-7-8-16(17(11-14)23(25)26)22-10-9-20-12-22/h3-13H,1-2H3,(H,21,24). The number of amides is 1. The summed E-state index contributed by atoms with van der Waals surface area (Å²) in [6, 6.07) is 11.3. The molecule has 2 aromatic carbocycles. The maximum absolute atomic E-state index is 12.6. The minimum absolute atomic E-state index is 0.0568. The Morgan fingerprint density at radius 2 is 2.04 bits per heavy atom. The van der Waals surface area contributed by atoms with E-state index < -0.39 is 10.8 Å². The van der Waals surface area contributed by atoms with Crippen molar-refractivity contribution >= 4 is 17.3 Å². The number of aromatic nitrogens is 2. The van der Waals surface area contributed by atoms with Crippen molar-refractivity contribution in [2.24, 2.45) is 0 Å². The molecule has 0 fully saturated rings. The van der Waals surface area contributed by atoms with Gasteiger partial charge in [0, 0.05) is 24.0 Å². The van der Waals surface area contributed by atoms with Gasteiger partial charge in [-0.1, -0.05) is 12.1 Å². The van der Waals surface area contributed by atoms with Crippen LogP contribution in [0.2, 0.25) is 0 Å². The van der Waals surface area contributed by atoms with Gasteiger partial charge in [-0.05, 0) is 38.1 Å². The Morgan fingerprint density at radius 1 is 1.26 bits per heavy atom. The van der Waals surface area contributed by atoms with Crippen LogP contribution in [0.15, 0.2) is 61.2 Å². The lowest BCUT2D eigenvalue weighted by Gasteiger charge is -2.15. The molecule has 1 amide bonds. The first-order chi connectivity index (χ1) is 13.0. The van der Waals surface area contributed by atoms with E-state index in [2.05, 4.69) is 10.3 Å². The van der Waals surface area contributed by atoms with Crippen molar-refractivity contribution < 1.29 is 14.5 Å². The highest BCUT2D eigenvalue weighted by Crippen LogP contribution is 2.27. The Bertz CT molecular complexity index is 968. The molecule has 138 valence electrons. The van der Waals surface area contributed by atoms with Crippen LogP contribution in [-0.4, -0.2) is 26.5 Å². The summed E-state index contributed by atoms with van der Waals surface area (Å²) in [5, 5.41) is 14.2. The quantitative estimate of drug-likeness (QED) is 0.528. The summed E-state index contributed by atoms with van der Waals surface area (Å²) in [5.41, 5.74) is 0.812. The Hall–Kier alpha value is -3.68. The molecule has 0 unspecified atom stereocenters. The Labute approximate surface area is 155 Å². The number of nitrogens with zero attached hydrogens (tertiary/aromatic N) is 3. The first kappa shape index (κ1) is 18.1. The van der Waals surface area contributed by atoms with Crippen molar-refractivity contribution in [1.29, 1.82) is 0 Å². The number of nitrogens with one attached hydrogen (secondary N) is 1. The molecule has 0 aliphatic rings. The van der Waals surface area contributed by atoms with Gasteiger partial charge in [-0.25, -0.2) is 4.98 Å². The Morgan fingerprint density at radius 3 is 2.70 bits per heavy atom.